The van der Waals surface area contributed by atoms with Gasteiger partial charge in [0, 0.05) is 13.2 Å². The Hall–Kier alpha value is -1.03. The molecule has 0 aromatic heterocycles. The van der Waals surface area contributed by atoms with E-state index in [9.17, 15) is 4.79 Å². The van der Waals surface area contributed by atoms with Gasteiger partial charge in [-0.15, -0.1) is 0 Å². The second-order valence-electron chi connectivity index (χ2n) is 3.44. The molecule has 88 valence electrons. The van der Waals surface area contributed by atoms with Gasteiger partial charge in [0.2, 0.25) is 0 Å². The Morgan fingerprint density at radius 2 is 2.33 bits per heavy atom. The number of carbonyl (C=O) groups is 1. The zero-order valence-electron chi connectivity index (χ0n) is 9.37. The highest BCUT2D eigenvalue weighted by molar-refractivity contribution is 5.67. The summed E-state index contributed by atoms with van der Waals surface area (Å²) in [5, 5.41) is 11.5. The monoisotopic (exact) mass is 215 g/mol. The summed E-state index contributed by atoms with van der Waals surface area (Å²) >= 11 is 0. The Bertz CT molecular complexity index is 177. The number of hydrogen-bond donors (Lipinski definition) is 2. The van der Waals surface area contributed by atoms with E-state index in [0.717, 1.165) is 19.3 Å². The fraction of sp³-hybridized carbons (Fsp3) is 0.727. The summed E-state index contributed by atoms with van der Waals surface area (Å²) in [6.07, 6.45) is 3.87. The molecule has 0 spiro atoms. The third-order valence-corrected chi connectivity index (χ3v) is 2.10. The highest BCUT2D eigenvalue weighted by Gasteiger charge is 2.09. The van der Waals surface area contributed by atoms with E-state index in [0.29, 0.717) is 12.5 Å². The lowest BCUT2D eigenvalue weighted by molar-refractivity contribution is 0.154. The summed E-state index contributed by atoms with van der Waals surface area (Å²) in [5.74, 6) is 0.330. The zero-order chi connectivity index (χ0) is 11.5. The van der Waals surface area contributed by atoms with Crippen LogP contribution in [-0.4, -0.2) is 31.0 Å². The maximum atomic E-state index is 11.1. The molecule has 0 fully saturated rings. The maximum absolute atomic E-state index is 11.1. The van der Waals surface area contributed by atoms with Crippen LogP contribution in [0.3, 0.4) is 0 Å². The molecule has 0 bridgehead atoms. The van der Waals surface area contributed by atoms with Crippen molar-refractivity contribution in [2.75, 3.05) is 19.8 Å². The molecule has 0 rings (SSSR count). The van der Waals surface area contributed by atoms with Crippen LogP contribution in [-0.2, 0) is 4.74 Å². The second-order valence-corrected chi connectivity index (χ2v) is 3.44. The predicted molar refractivity (Wildman–Crippen MR) is 59.6 cm³/mol. The minimum absolute atomic E-state index is 0.161. The second kappa shape index (κ2) is 9.52. The van der Waals surface area contributed by atoms with E-state index < -0.39 is 6.09 Å². The fourth-order valence-corrected chi connectivity index (χ4v) is 1.35. The first-order valence-electron chi connectivity index (χ1n) is 5.37. The van der Waals surface area contributed by atoms with Gasteiger partial charge in [-0.2, -0.15) is 0 Å². The Balaban J connectivity index is 3.66. The van der Waals surface area contributed by atoms with Crippen LogP contribution in [0.4, 0.5) is 4.79 Å². The van der Waals surface area contributed by atoms with Crippen molar-refractivity contribution in [3.63, 3.8) is 0 Å². The summed E-state index contributed by atoms with van der Waals surface area (Å²) in [4.78, 5) is 11.1. The van der Waals surface area contributed by atoms with Crippen molar-refractivity contribution in [1.29, 1.82) is 0 Å². The molecule has 1 atom stereocenters. The number of carbonyl (C=O) groups excluding carboxylic acids is 1. The van der Waals surface area contributed by atoms with Crippen molar-refractivity contribution in [2.45, 2.75) is 26.2 Å². The lowest BCUT2D eigenvalue weighted by Gasteiger charge is -2.15. The third kappa shape index (κ3) is 8.00. The van der Waals surface area contributed by atoms with E-state index in [1.807, 2.05) is 0 Å². The summed E-state index contributed by atoms with van der Waals surface area (Å²) in [6.45, 7) is 6.48. The van der Waals surface area contributed by atoms with Crippen LogP contribution >= 0.6 is 0 Å². The number of hydrogen-bond acceptors (Lipinski definition) is 3. The molecule has 0 radical (unpaired) electrons. The molecule has 2 N–H and O–H groups in total. The van der Waals surface area contributed by atoms with Crippen molar-refractivity contribution < 1.29 is 14.6 Å². The molecule has 0 saturated heterocycles. The molecule has 0 aromatic carbocycles. The number of rotatable bonds is 8. The Kier molecular flexibility index (Phi) is 8.87. The standard InChI is InChI=1S/C11H21NO3/c1-3-5-10(6-7-13)9-12-11(14)15-8-4-2/h4,10,13H,2-3,5-9H2,1H3,(H,12,14). The van der Waals surface area contributed by atoms with Crippen molar-refractivity contribution >= 4 is 6.09 Å². The first kappa shape index (κ1) is 14.0. The highest BCUT2D eigenvalue weighted by atomic mass is 16.5. The van der Waals surface area contributed by atoms with Crippen LogP contribution in [0, 0.1) is 5.92 Å². The average Bonchev–Trinajstić information content (AvgIpc) is 2.23. The van der Waals surface area contributed by atoms with Crippen molar-refractivity contribution in [3.8, 4) is 0 Å². The SMILES string of the molecule is C=CCOC(=O)NCC(CCC)CCO. The lowest BCUT2D eigenvalue weighted by Crippen LogP contribution is -2.30. The Morgan fingerprint density at radius 1 is 1.60 bits per heavy atom. The molecule has 1 unspecified atom stereocenters. The molecule has 0 heterocycles. The molecule has 0 aliphatic rings. The van der Waals surface area contributed by atoms with Gasteiger partial charge in [0.25, 0.3) is 0 Å². The average molecular weight is 215 g/mol. The first-order chi connectivity index (χ1) is 7.24. The van der Waals surface area contributed by atoms with E-state index in [4.69, 9.17) is 9.84 Å². The number of nitrogens with one attached hydrogen (secondary N) is 1. The van der Waals surface area contributed by atoms with Gasteiger partial charge in [-0.3, -0.25) is 0 Å². The zero-order valence-corrected chi connectivity index (χ0v) is 9.37. The Morgan fingerprint density at radius 3 is 2.87 bits per heavy atom. The van der Waals surface area contributed by atoms with E-state index in [1.54, 1.807) is 0 Å². The van der Waals surface area contributed by atoms with Crippen molar-refractivity contribution in [2.24, 2.45) is 5.92 Å². The smallest absolute Gasteiger partial charge is 0.407 e. The van der Waals surface area contributed by atoms with Gasteiger partial charge in [-0.25, -0.2) is 4.79 Å². The molecule has 4 heteroatoms. The number of aliphatic hydroxyl groups excluding tert-OH is 1. The molecule has 1 amide bonds. The van der Waals surface area contributed by atoms with E-state index in [-0.39, 0.29) is 13.2 Å². The number of aliphatic hydroxyl groups is 1. The number of amides is 1. The third-order valence-electron chi connectivity index (χ3n) is 2.10. The minimum atomic E-state index is -0.422. The fourth-order valence-electron chi connectivity index (χ4n) is 1.35. The van der Waals surface area contributed by atoms with Gasteiger partial charge in [-0.1, -0.05) is 26.0 Å². The quantitative estimate of drug-likeness (QED) is 0.606. The van der Waals surface area contributed by atoms with Crippen LogP contribution < -0.4 is 5.32 Å². The van der Waals surface area contributed by atoms with Crippen molar-refractivity contribution in [3.05, 3.63) is 12.7 Å². The lowest BCUT2D eigenvalue weighted by atomic mass is 10.0. The van der Waals surface area contributed by atoms with Crippen LogP contribution in [0.1, 0.15) is 26.2 Å². The molecule has 4 nitrogen and oxygen atoms in total. The molecular formula is C11H21NO3. The van der Waals surface area contributed by atoms with Gasteiger partial charge in [0.1, 0.15) is 6.61 Å². The van der Waals surface area contributed by atoms with Crippen LogP contribution in [0.25, 0.3) is 0 Å². The highest BCUT2D eigenvalue weighted by Crippen LogP contribution is 2.09. The predicted octanol–water partition coefficient (Wildman–Crippen LogP) is 1.70. The van der Waals surface area contributed by atoms with Crippen LogP contribution in [0.15, 0.2) is 12.7 Å². The van der Waals surface area contributed by atoms with Crippen LogP contribution in [0.2, 0.25) is 0 Å². The molecule has 15 heavy (non-hydrogen) atoms. The minimum Gasteiger partial charge on any atom is -0.445 e. The molecule has 0 saturated carbocycles. The number of ether oxygens (including phenoxy) is 1. The molecular weight excluding hydrogens is 194 g/mol. The van der Waals surface area contributed by atoms with E-state index in [1.165, 1.54) is 6.08 Å². The van der Waals surface area contributed by atoms with Gasteiger partial charge in [0.15, 0.2) is 0 Å². The van der Waals surface area contributed by atoms with Crippen LogP contribution in [0.5, 0.6) is 0 Å². The van der Waals surface area contributed by atoms with Gasteiger partial charge >= 0.3 is 6.09 Å². The summed E-state index contributed by atoms with van der Waals surface area (Å²) in [7, 11) is 0. The summed E-state index contributed by atoms with van der Waals surface area (Å²) in [5.41, 5.74) is 0. The van der Waals surface area contributed by atoms with Gasteiger partial charge in [-0.05, 0) is 18.8 Å². The van der Waals surface area contributed by atoms with E-state index >= 15 is 0 Å². The first-order valence-corrected chi connectivity index (χ1v) is 5.37. The van der Waals surface area contributed by atoms with Gasteiger partial charge < -0.3 is 15.2 Å². The summed E-state index contributed by atoms with van der Waals surface area (Å²) < 4.78 is 4.77. The summed E-state index contributed by atoms with van der Waals surface area (Å²) in [6, 6.07) is 0. The largest absolute Gasteiger partial charge is 0.445 e. The van der Waals surface area contributed by atoms with E-state index in [2.05, 4.69) is 18.8 Å². The molecule has 0 aromatic rings. The topological polar surface area (TPSA) is 58.6 Å². The molecule has 0 aliphatic carbocycles. The Labute approximate surface area is 91.3 Å². The number of alkyl carbamates (subject to hydrolysis) is 1. The normalized spacial score (nSPS) is 11.9. The van der Waals surface area contributed by atoms with Crippen molar-refractivity contribution in [1.82, 2.24) is 5.32 Å². The van der Waals surface area contributed by atoms with Gasteiger partial charge in [0.05, 0.1) is 0 Å². The molecule has 0 aliphatic heterocycles. The maximum Gasteiger partial charge on any atom is 0.407 e.